The van der Waals surface area contributed by atoms with E-state index in [2.05, 4.69) is 10.1 Å². The van der Waals surface area contributed by atoms with Gasteiger partial charge in [0.15, 0.2) is 15.5 Å². The normalized spacial score (nSPS) is 18.6. The maximum absolute atomic E-state index is 11.7. The van der Waals surface area contributed by atoms with Gasteiger partial charge in [-0.1, -0.05) is 0 Å². The van der Waals surface area contributed by atoms with Crippen molar-refractivity contribution < 1.29 is 17.9 Å². The molecule has 3 heterocycles. The first kappa shape index (κ1) is 19.3. The molecule has 0 unspecified atom stereocenters. The van der Waals surface area contributed by atoms with Crippen molar-refractivity contribution in [1.29, 1.82) is 0 Å². The lowest BCUT2D eigenvalue weighted by Gasteiger charge is -2.06. The molecule has 0 amide bonds. The highest BCUT2D eigenvalue weighted by Crippen LogP contribution is 2.20. The van der Waals surface area contributed by atoms with Crippen molar-refractivity contribution in [1.82, 2.24) is 14.8 Å². The van der Waals surface area contributed by atoms with Crippen LogP contribution in [0.2, 0.25) is 0 Å². The number of aromatic nitrogens is 3. The molecule has 2 aromatic rings. The van der Waals surface area contributed by atoms with Crippen molar-refractivity contribution in [3.05, 3.63) is 23.5 Å². The maximum atomic E-state index is 11.7. The molecule has 0 bridgehead atoms. The quantitative estimate of drug-likeness (QED) is 0.805. The smallest absolute Gasteiger partial charge is 0.339 e. The van der Waals surface area contributed by atoms with Crippen LogP contribution >= 0.6 is 0 Å². The highest BCUT2D eigenvalue weighted by atomic mass is 32.2. The molecular formula is C16H24N4O4S. The Balaban J connectivity index is 0.000000236. The summed E-state index contributed by atoms with van der Waals surface area (Å²) in [5, 5.41) is 5.12. The third-order valence-corrected chi connectivity index (χ3v) is 5.79. The van der Waals surface area contributed by atoms with E-state index >= 15 is 0 Å². The van der Waals surface area contributed by atoms with Crippen molar-refractivity contribution in [3.8, 4) is 0 Å². The first-order valence-corrected chi connectivity index (χ1v) is 10.1. The molecule has 0 radical (unpaired) electrons. The van der Waals surface area contributed by atoms with Crippen LogP contribution in [0, 0.1) is 6.92 Å². The summed E-state index contributed by atoms with van der Waals surface area (Å²) >= 11 is 0. The van der Waals surface area contributed by atoms with Crippen molar-refractivity contribution in [2.24, 2.45) is 5.73 Å². The van der Waals surface area contributed by atoms with Crippen molar-refractivity contribution in [3.63, 3.8) is 0 Å². The third kappa shape index (κ3) is 4.55. The number of aryl methyl sites for hydroxylation is 2. The number of esters is 1. The molecule has 138 valence electrons. The first-order valence-electron chi connectivity index (χ1n) is 8.23. The summed E-state index contributed by atoms with van der Waals surface area (Å²) in [5.74, 6) is 0.143. The van der Waals surface area contributed by atoms with E-state index in [0.717, 1.165) is 23.1 Å². The summed E-state index contributed by atoms with van der Waals surface area (Å²) in [4.78, 5) is 16.0. The summed E-state index contributed by atoms with van der Waals surface area (Å²) in [7, 11) is -2.72. The van der Waals surface area contributed by atoms with Crippen LogP contribution in [-0.4, -0.2) is 53.3 Å². The lowest BCUT2D eigenvalue weighted by molar-refractivity contribution is 0.0525. The molecule has 1 atom stereocenters. The second kappa shape index (κ2) is 7.92. The van der Waals surface area contributed by atoms with Crippen LogP contribution in [0.5, 0.6) is 0 Å². The van der Waals surface area contributed by atoms with E-state index in [4.69, 9.17) is 10.5 Å². The molecule has 1 aliphatic heterocycles. The van der Waals surface area contributed by atoms with E-state index in [0.29, 0.717) is 18.6 Å². The number of nitrogens with two attached hydrogens (primary N) is 1. The molecule has 25 heavy (non-hydrogen) atoms. The Morgan fingerprint density at radius 3 is 2.60 bits per heavy atom. The van der Waals surface area contributed by atoms with E-state index in [1.165, 1.54) is 0 Å². The van der Waals surface area contributed by atoms with Gasteiger partial charge in [0.25, 0.3) is 0 Å². The number of carbonyl (C=O) groups excluding carboxylic acids is 1. The minimum atomic E-state index is -2.72. The Hall–Kier alpha value is -2.00. The molecule has 8 nitrogen and oxygen atoms in total. The van der Waals surface area contributed by atoms with Gasteiger partial charge in [-0.2, -0.15) is 5.10 Å². The molecule has 2 aromatic heterocycles. The fourth-order valence-electron chi connectivity index (χ4n) is 2.62. The number of carbonyl (C=O) groups is 1. The Kier molecular flexibility index (Phi) is 6.12. The number of hydrogen-bond acceptors (Lipinski definition) is 7. The highest BCUT2D eigenvalue weighted by Gasteiger charge is 2.24. The zero-order valence-electron chi connectivity index (χ0n) is 14.7. The average Bonchev–Trinajstić information content (AvgIpc) is 3.11. The second-order valence-electron chi connectivity index (χ2n) is 5.88. The van der Waals surface area contributed by atoms with Crippen LogP contribution in [-0.2, 0) is 21.1 Å². The molecule has 0 aromatic carbocycles. The second-order valence-corrected chi connectivity index (χ2v) is 8.11. The summed E-state index contributed by atoms with van der Waals surface area (Å²) in [6.45, 7) is 6.80. The lowest BCUT2D eigenvalue weighted by Crippen LogP contribution is -2.20. The Morgan fingerprint density at radius 1 is 1.40 bits per heavy atom. The van der Waals surface area contributed by atoms with E-state index < -0.39 is 9.84 Å². The number of rotatable bonds is 3. The predicted molar refractivity (Wildman–Crippen MR) is 95.1 cm³/mol. The van der Waals surface area contributed by atoms with Gasteiger partial charge in [-0.15, -0.1) is 0 Å². The largest absolute Gasteiger partial charge is 0.462 e. The SMILES string of the molecule is CCOC(=O)c1cnc2c(cnn2CC)c1C.N[C@H]1CCS(=O)(=O)C1. The maximum Gasteiger partial charge on any atom is 0.339 e. The number of nitrogens with zero attached hydrogens (tertiary/aromatic N) is 3. The zero-order valence-corrected chi connectivity index (χ0v) is 15.5. The molecule has 1 aliphatic rings. The minimum Gasteiger partial charge on any atom is -0.462 e. The van der Waals surface area contributed by atoms with Crippen LogP contribution in [0.3, 0.4) is 0 Å². The number of fused-ring (bicyclic) bond motifs is 1. The van der Waals surface area contributed by atoms with Gasteiger partial charge in [0, 0.05) is 24.2 Å². The van der Waals surface area contributed by atoms with Gasteiger partial charge in [-0.3, -0.25) is 0 Å². The molecule has 0 spiro atoms. The molecule has 1 saturated heterocycles. The van der Waals surface area contributed by atoms with E-state index in [9.17, 15) is 13.2 Å². The molecule has 0 aliphatic carbocycles. The van der Waals surface area contributed by atoms with Gasteiger partial charge < -0.3 is 10.5 Å². The standard InChI is InChI=1S/C12H15N3O2.C4H9NO2S/c1-4-15-11-9(7-14-15)8(3)10(6-13-11)12(16)17-5-2;5-4-1-2-8(6,7)3-4/h6-7H,4-5H2,1-3H3;4H,1-3,5H2/t;4-/m.0/s1. The van der Waals surface area contributed by atoms with E-state index in [1.54, 1.807) is 24.0 Å². The van der Waals surface area contributed by atoms with Gasteiger partial charge in [0.05, 0.1) is 29.9 Å². The molecule has 2 N–H and O–H groups in total. The third-order valence-electron chi connectivity index (χ3n) is 4.00. The molecular weight excluding hydrogens is 344 g/mol. The van der Waals surface area contributed by atoms with Crippen LogP contribution in [0.4, 0.5) is 0 Å². The van der Waals surface area contributed by atoms with Gasteiger partial charge >= 0.3 is 5.97 Å². The number of ether oxygens (including phenoxy) is 1. The van der Waals surface area contributed by atoms with E-state index in [1.807, 2.05) is 13.8 Å². The highest BCUT2D eigenvalue weighted by molar-refractivity contribution is 7.91. The summed E-state index contributed by atoms with van der Waals surface area (Å²) < 4.78 is 27.9. The van der Waals surface area contributed by atoms with Gasteiger partial charge in [-0.05, 0) is 32.8 Å². The van der Waals surface area contributed by atoms with Crippen LogP contribution in [0.1, 0.15) is 36.2 Å². The summed E-state index contributed by atoms with van der Waals surface area (Å²) in [6, 6.07) is -0.0972. The monoisotopic (exact) mass is 368 g/mol. The molecule has 0 saturated carbocycles. The fraction of sp³-hybridized carbons (Fsp3) is 0.562. The first-order chi connectivity index (χ1) is 11.8. The van der Waals surface area contributed by atoms with Crippen molar-refractivity contribution in [2.75, 3.05) is 18.1 Å². The number of sulfone groups is 1. The molecule has 3 rings (SSSR count). The Morgan fingerprint density at radius 2 is 2.12 bits per heavy atom. The average molecular weight is 368 g/mol. The van der Waals surface area contributed by atoms with E-state index in [-0.39, 0.29) is 23.5 Å². The van der Waals surface area contributed by atoms with Crippen LogP contribution < -0.4 is 5.73 Å². The summed E-state index contributed by atoms with van der Waals surface area (Å²) in [6.07, 6.45) is 3.94. The fourth-order valence-corrected chi connectivity index (χ4v) is 4.26. The van der Waals surface area contributed by atoms with Crippen LogP contribution in [0.25, 0.3) is 11.0 Å². The topological polar surface area (TPSA) is 117 Å². The Bertz CT molecular complexity index is 860. The molecule has 9 heteroatoms. The van der Waals surface area contributed by atoms with Gasteiger partial charge in [0.2, 0.25) is 0 Å². The van der Waals surface area contributed by atoms with Crippen molar-refractivity contribution >= 4 is 26.8 Å². The summed E-state index contributed by atoms with van der Waals surface area (Å²) in [5.41, 5.74) is 7.51. The number of hydrogen-bond donors (Lipinski definition) is 1. The van der Waals surface area contributed by atoms with Crippen molar-refractivity contribution in [2.45, 2.75) is 39.8 Å². The zero-order chi connectivity index (χ0) is 18.6. The predicted octanol–water partition coefficient (Wildman–Crippen LogP) is 1.07. The molecule has 1 fully saturated rings. The number of pyridine rings is 1. The lowest BCUT2D eigenvalue weighted by atomic mass is 10.1. The van der Waals surface area contributed by atoms with Crippen LogP contribution in [0.15, 0.2) is 12.4 Å². The van der Waals surface area contributed by atoms with Gasteiger partial charge in [0.1, 0.15) is 0 Å². The minimum absolute atomic E-state index is 0.0972. The van der Waals surface area contributed by atoms with Gasteiger partial charge in [-0.25, -0.2) is 22.9 Å². The Labute approximate surface area is 147 Å².